The Balaban J connectivity index is 1.28. The fourth-order valence-corrected chi connectivity index (χ4v) is 6.08. The van der Waals surface area contributed by atoms with Gasteiger partial charge in [-0.25, -0.2) is 4.68 Å². The Kier molecular flexibility index (Phi) is 7.77. The van der Waals surface area contributed by atoms with Gasteiger partial charge < -0.3 is 20.7 Å². The first kappa shape index (κ1) is 27.3. The second-order valence-electron chi connectivity index (χ2n) is 11.9. The number of carbonyl (C=O) groups is 3. The lowest BCUT2D eigenvalue weighted by molar-refractivity contribution is -0.132. The molecule has 10 nitrogen and oxygen atoms in total. The van der Waals surface area contributed by atoms with Crippen LogP contribution in [-0.4, -0.2) is 89.2 Å². The van der Waals surface area contributed by atoms with Crippen molar-refractivity contribution < 1.29 is 19.1 Å². The van der Waals surface area contributed by atoms with Gasteiger partial charge in [0.1, 0.15) is 0 Å². The molecule has 0 unspecified atom stereocenters. The molecule has 2 fully saturated rings. The van der Waals surface area contributed by atoms with Crippen LogP contribution >= 0.6 is 0 Å². The number of carbonyl (C=O) groups excluding carboxylic acids is 3. The summed E-state index contributed by atoms with van der Waals surface area (Å²) in [6.45, 7) is 11.4. The van der Waals surface area contributed by atoms with Crippen LogP contribution in [0.25, 0.3) is 5.69 Å². The number of rotatable bonds is 7. The number of aromatic nitrogens is 2. The van der Waals surface area contributed by atoms with Crippen LogP contribution < -0.4 is 11.1 Å². The average Bonchev–Trinajstić information content (AvgIpc) is 3.23. The summed E-state index contributed by atoms with van der Waals surface area (Å²) in [5.41, 5.74) is 9.79. The minimum Gasteiger partial charge on any atom is -0.381 e. The van der Waals surface area contributed by atoms with Crippen molar-refractivity contribution in [1.29, 1.82) is 0 Å². The van der Waals surface area contributed by atoms with E-state index in [9.17, 15) is 14.4 Å². The number of aryl methyl sites for hydroxylation is 1. The number of morpholine rings is 1. The van der Waals surface area contributed by atoms with E-state index < -0.39 is 5.91 Å². The Labute approximate surface area is 229 Å². The van der Waals surface area contributed by atoms with E-state index in [1.807, 2.05) is 28.6 Å². The molecule has 2 saturated heterocycles. The van der Waals surface area contributed by atoms with Crippen molar-refractivity contribution in [2.45, 2.75) is 58.9 Å². The van der Waals surface area contributed by atoms with Crippen LogP contribution in [0.2, 0.25) is 0 Å². The lowest BCUT2D eigenvalue weighted by Gasteiger charge is -2.34. The molecule has 0 spiro atoms. The average molecular weight is 537 g/mol. The maximum atomic E-state index is 12.9. The van der Waals surface area contributed by atoms with E-state index in [1.165, 1.54) is 0 Å². The fourth-order valence-electron chi connectivity index (χ4n) is 6.08. The number of hydrogen-bond donors (Lipinski definition) is 2. The van der Waals surface area contributed by atoms with Crippen molar-refractivity contribution >= 4 is 23.3 Å². The van der Waals surface area contributed by atoms with Gasteiger partial charge in [-0.2, -0.15) is 5.10 Å². The summed E-state index contributed by atoms with van der Waals surface area (Å²) in [5.74, 6) is -0.186. The molecule has 39 heavy (non-hydrogen) atoms. The molecule has 2 aromatic rings. The van der Waals surface area contributed by atoms with Gasteiger partial charge in [-0.05, 0) is 49.8 Å². The number of piperidine rings is 1. The SMILES string of the molecule is Cc1nn(-c2ccc(C(N)=O)c(NC3CCN(C(=O)CCN4CCOCC4)CC3)c2)c2c1C(=O)CC(C)(C)C2. The molecule has 1 aromatic heterocycles. The van der Waals surface area contributed by atoms with Crippen molar-refractivity contribution in [1.82, 2.24) is 19.6 Å². The van der Waals surface area contributed by atoms with Gasteiger partial charge in [0.2, 0.25) is 5.91 Å². The highest BCUT2D eigenvalue weighted by Gasteiger charge is 2.36. The first-order valence-electron chi connectivity index (χ1n) is 14.0. The van der Waals surface area contributed by atoms with Crippen molar-refractivity contribution in [2.24, 2.45) is 11.1 Å². The zero-order valence-corrected chi connectivity index (χ0v) is 23.3. The first-order chi connectivity index (χ1) is 18.6. The molecule has 1 aliphatic carbocycles. The molecule has 5 rings (SSSR count). The molecule has 0 bridgehead atoms. The van der Waals surface area contributed by atoms with Crippen molar-refractivity contribution in [3.8, 4) is 5.69 Å². The summed E-state index contributed by atoms with van der Waals surface area (Å²) < 4.78 is 7.23. The van der Waals surface area contributed by atoms with Crippen LogP contribution in [0.1, 0.15) is 71.6 Å². The summed E-state index contributed by atoms with van der Waals surface area (Å²) in [6, 6.07) is 5.57. The first-order valence-corrected chi connectivity index (χ1v) is 14.0. The Morgan fingerprint density at radius 2 is 1.85 bits per heavy atom. The van der Waals surface area contributed by atoms with Crippen molar-refractivity contribution in [3.05, 3.63) is 40.7 Å². The van der Waals surface area contributed by atoms with Gasteiger partial charge in [-0.3, -0.25) is 19.3 Å². The van der Waals surface area contributed by atoms with E-state index >= 15 is 0 Å². The number of amides is 2. The van der Waals surface area contributed by atoms with Gasteiger partial charge in [-0.1, -0.05) is 13.8 Å². The van der Waals surface area contributed by atoms with Gasteiger partial charge in [0.25, 0.3) is 5.91 Å². The Bertz CT molecular complexity index is 1250. The largest absolute Gasteiger partial charge is 0.381 e. The lowest BCUT2D eigenvalue weighted by Crippen LogP contribution is -2.44. The topological polar surface area (TPSA) is 123 Å². The van der Waals surface area contributed by atoms with Crippen LogP contribution in [0.5, 0.6) is 0 Å². The van der Waals surface area contributed by atoms with E-state index in [0.717, 1.165) is 69.2 Å². The van der Waals surface area contributed by atoms with Crippen LogP contribution in [0.15, 0.2) is 18.2 Å². The summed E-state index contributed by atoms with van der Waals surface area (Å²) in [7, 11) is 0. The number of nitrogens with one attached hydrogen (secondary N) is 1. The molecule has 0 saturated carbocycles. The molecule has 1 aromatic carbocycles. The third-order valence-electron chi connectivity index (χ3n) is 8.19. The minimum absolute atomic E-state index is 0.107. The highest BCUT2D eigenvalue weighted by molar-refractivity contribution is 6.00. The summed E-state index contributed by atoms with van der Waals surface area (Å²) >= 11 is 0. The highest BCUT2D eigenvalue weighted by Crippen LogP contribution is 2.37. The maximum absolute atomic E-state index is 12.9. The smallest absolute Gasteiger partial charge is 0.250 e. The number of benzene rings is 1. The fraction of sp³-hybridized carbons (Fsp3) is 0.586. The predicted molar refractivity (Wildman–Crippen MR) is 148 cm³/mol. The number of nitrogens with zero attached hydrogens (tertiary/aromatic N) is 4. The molecule has 3 N–H and O–H groups in total. The third kappa shape index (κ3) is 6.01. The number of ketones is 1. The molecule has 3 heterocycles. The number of hydrogen-bond acceptors (Lipinski definition) is 7. The predicted octanol–water partition coefficient (Wildman–Crippen LogP) is 2.56. The van der Waals surface area contributed by atoms with E-state index in [2.05, 4.69) is 24.1 Å². The molecule has 0 atom stereocenters. The number of nitrogens with two attached hydrogens (primary N) is 1. The second-order valence-corrected chi connectivity index (χ2v) is 11.9. The van der Waals surface area contributed by atoms with Gasteiger partial charge in [-0.15, -0.1) is 0 Å². The maximum Gasteiger partial charge on any atom is 0.250 e. The van der Waals surface area contributed by atoms with E-state index in [-0.39, 0.29) is 23.1 Å². The molecule has 3 aliphatic rings. The zero-order valence-electron chi connectivity index (χ0n) is 23.3. The van der Waals surface area contributed by atoms with Crippen LogP contribution in [0.3, 0.4) is 0 Å². The van der Waals surface area contributed by atoms with Gasteiger partial charge in [0.05, 0.1) is 41.4 Å². The Hall–Kier alpha value is -3.24. The summed E-state index contributed by atoms with van der Waals surface area (Å²) in [4.78, 5) is 42.2. The third-order valence-corrected chi connectivity index (χ3v) is 8.19. The quantitative estimate of drug-likeness (QED) is 0.558. The standard InChI is InChI=1S/C29H40N6O4/c1-19-27-24(17-29(2,3)18-25(27)36)35(32-19)21-4-5-22(28(30)38)23(16-21)31-20-6-10-34(11-7-20)26(37)8-9-33-12-14-39-15-13-33/h4-5,16,20,31H,6-15,17-18H2,1-3H3,(H2,30,38). The highest BCUT2D eigenvalue weighted by atomic mass is 16.5. The number of fused-ring (bicyclic) bond motifs is 1. The van der Waals surface area contributed by atoms with Crippen molar-refractivity contribution in [2.75, 3.05) is 51.3 Å². The number of Topliss-reactive ketones (excluding diaryl/α,β-unsaturated/α-hetero) is 1. The second kappa shape index (κ2) is 11.1. The molecular formula is C29H40N6O4. The molecule has 2 amide bonds. The number of ether oxygens (including phenoxy) is 1. The molecule has 2 aliphatic heterocycles. The number of primary amides is 1. The molecule has 210 valence electrons. The van der Waals surface area contributed by atoms with Crippen LogP contribution in [-0.2, 0) is 16.0 Å². The molecular weight excluding hydrogens is 496 g/mol. The normalized spacial score (nSPS) is 20.1. The summed E-state index contributed by atoms with van der Waals surface area (Å²) in [5, 5.41) is 8.25. The zero-order chi connectivity index (χ0) is 27.7. The summed E-state index contributed by atoms with van der Waals surface area (Å²) in [6.07, 6.45) is 3.34. The number of likely N-dealkylation sites (tertiary alicyclic amines) is 1. The lowest BCUT2D eigenvalue weighted by atomic mass is 9.75. The van der Waals surface area contributed by atoms with Gasteiger partial charge >= 0.3 is 0 Å². The number of anilines is 1. The molecule has 0 radical (unpaired) electrons. The van der Waals surface area contributed by atoms with E-state index in [0.29, 0.717) is 42.7 Å². The van der Waals surface area contributed by atoms with E-state index in [1.54, 1.807) is 6.07 Å². The van der Waals surface area contributed by atoms with Gasteiger partial charge in [0.15, 0.2) is 5.78 Å². The Morgan fingerprint density at radius 3 is 2.54 bits per heavy atom. The van der Waals surface area contributed by atoms with Crippen LogP contribution in [0, 0.1) is 12.3 Å². The van der Waals surface area contributed by atoms with Gasteiger partial charge in [0, 0.05) is 57.3 Å². The Morgan fingerprint density at radius 1 is 1.13 bits per heavy atom. The monoisotopic (exact) mass is 536 g/mol. The van der Waals surface area contributed by atoms with E-state index in [4.69, 9.17) is 15.6 Å². The van der Waals surface area contributed by atoms with Crippen LogP contribution in [0.4, 0.5) is 5.69 Å². The van der Waals surface area contributed by atoms with Crippen molar-refractivity contribution in [3.63, 3.8) is 0 Å². The minimum atomic E-state index is -0.505. The molecule has 10 heteroatoms.